The summed E-state index contributed by atoms with van der Waals surface area (Å²) in [5, 5.41) is 3.72. The van der Waals surface area contributed by atoms with Crippen molar-refractivity contribution < 1.29 is 4.79 Å². The van der Waals surface area contributed by atoms with Crippen LogP contribution in [0.2, 0.25) is 5.02 Å². The second-order valence-electron chi connectivity index (χ2n) is 4.13. The molecule has 0 unspecified atom stereocenters. The molecule has 1 fully saturated rings. The number of hydrogen-bond donors (Lipinski definition) is 1. The van der Waals surface area contributed by atoms with Gasteiger partial charge in [0.2, 0.25) is 6.41 Å². The number of benzene rings is 1. The number of amides is 1. The Morgan fingerprint density at radius 3 is 2.73 bits per heavy atom. The molecule has 1 aromatic rings. The van der Waals surface area contributed by atoms with Crippen LogP contribution in [0.25, 0.3) is 0 Å². The summed E-state index contributed by atoms with van der Waals surface area (Å²) in [6.07, 6.45) is 4.90. The lowest BCUT2D eigenvalue weighted by Crippen LogP contribution is -2.30. The number of rotatable bonds is 5. The fourth-order valence-electron chi connectivity index (χ4n) is 1.82. The molecule has 3 heteroatoms. The van der Waals surface area contributed by atoms with Gasteiger partial charge in [0.25, 0.3) is 0 Å². The lowest BCUT2D eigenvalue weighted by molar-refractivity contribution is -0.110. The van der Waals surface area contributed by atoms with Gasteiger partial charge in [-0.2, -0.15) is 0 Å². The van der Waals surface area contributed by atoms with Gasteiger partial charge in [-0.1, -0.05) is 29.8 Å². The fraction of sp³-hybridized carbons (Fsp3) is 0.417. The summed E-state index contributed by atoms with van der Waals surface area (Å²) < 4.78 is 0. The first kappa shape index (κ1) is 10.5. The Bertz CT molecular complexity index is 360. The molecule has 0 bridgehead atoms. The van der Waals surface area contributed by atoms with Crippen LogP contribution in [0.15, 0.2) is 24.3 Å². The molecule has 0 spiro atoms. The van der Waals surface area contributed by atoms with Crippen molar-refractivity contribution in [1.82, 2.24) is 5.32 Å². The Morgan fingerprint density at radius 2 is 2.13 bits per heavy atom. The van der Waals surface area contributed by atoms with Gasteiger partial charge in [-0.05, 0) is 37.3 Å². The van der Waals surface area contributed by atoms with Gasteiger partial charge in [0, 0.05) is 10.6 Å². The van der Waals surface area contributed by atoms with Crippen LogP contribution in [0.1, 0.15) is 24.8 Å². The zero-order valence-corrected chi connectivity index (χ0v) is 9.26. The Balaban J connectivity index is 1.93. The SMILES string of the molecule is O=CNC1(CCc2ccccc2Cl)CC1. The first-order valence-electron chi connectivity index (χ1n) is 5.20. The van der Waals surface area contributed by atoms with Gasteiger partial charge in [-0.3, -0.25) is 4.79 Å². The van der Waals surface area contributed by atoms with E-state index in [-0.39, 0.29) is 5.54 Å². The van der Waals surface area contributed by atoms with E-state index in [4.69, 9.17) is 11.6 Å². The van der Waals surface area contributed by atoms with E-state index in [1.807, 2.05) is 24.3 Å². The van der Waals surface area contributed by atoms with Gasteiger partial charge in [0.15, 0.2) is 0 Å². The van der Waals surface area contributed by atoms with Crippen molar-refractivity contribution in [2.24, 2.45) is 0 Å². The van der Waals surface area contributed by atoms with E-state index in [0.29, 0.717) is 0 Å². The molecule has 80 valence electrons. The van der Waals surface area contributed by atoms with Crippen molar-refractivity contribution in [2.75, 3.05) is 0 Å². The molecule has 0 saturated heterocycles. The van der Waals surface area contributed by atoms with E-state index in [0.717, 1.165) is 42.7 Å². The molecule has 1 aromatic carbocycles. The topological polar surface area (TPSA) is 29.1 Å². The molecule has 1 aliphatic carbocycles. The summed E-state index contributed by atoms with van der Waals surface area (Å²) >= 11 is 6.06. The first-order valence-corrected chi connectivity index (χ1v) is 5.58. The minimum Gasteiger partial charge on any atom is -0.353 e. The van der Waals surface area contributed by atoms with Crippen LogP contribution in [0.5, 0.6) is 0 Å². The van der Waals surface area contributed by atoms with Crippen LogP contribution in [0.4, 0.5) is 0 Å². The maximum atomic E-state index is 10.4. The minimum absolute atomic E-state index is 0.0704. The maximum Gasteiger partial charge on any atom is 0.207 e. The molecule has 0 aromatic heterocycles. The van der Waals surface area contributed by atoms with E-state index >= 15 is 0 Å². The highest BCUT2D eigenvalue weighted by atomic mass is 35.5. The average Bonchev–Trinajstić information content (AvgIpc) is 2.98. The summed E-state index contributed by atoms with van der Waals surface area (Å²) in [7, 11) is 0. The number of aryl methyl sites for hydroxylation is 1. The normalized spacial score (nSPS) is 17.1. The van der Waals surface area contributed by atoms with Gasteiger partial charge in [0.05, 0.1) is 0 Å². The van der Waals surface area contributed by atoms with Crippen LogP contribution >= 0.6 is 11.6 Å². The van der Waals surface area contributed by atoms with Crippen LogP contribution < -0.4 is 5.32 Å². The van der Waals surface area contributed by atoms with Crippen molar-refractivity contribution in [3.63, 3.8) is 0 Å². The molecule has 15 heavy (non-hydrogen) atoms. The molecule has 0 atom stereocenters. The predicted octanol–water partition coefficient (Wildman–Crippen LogP) is 2.55. The zero-order chi connectivity index (χ0) is 10.7. The first-order chi connectivity index (χ1) is 7.26. The second-order valence-corrected chi connectivity index (χ2v) is 4.54. The summed E-state index contributed by atoms with van der Waals surface area (Å²) in [5.41, 5.74) is 1.24. The third kappa shape index (κ3) is 2.51. The number of carbonyl (C=O) groups is 1. The average molecular weight is 224 g/mol. The Hall–Kier alpha value is -1.02. The predicted molar refractivity (Wildman–Crippen MR) is 60.9 cm³/mol. The molecule has 0 heterocycles. The molecule has 0 aliphatic heterocycles. The Kier molecular flexibility index (Phi) is 2.96. The van der Waals surface area contributed by atoms with Crippen molar-refractivity contribution in [3.05, 3.63) is 34.9 Å². The molecule has 1 N–H and O–H groups in total. The van der Waals surface area contributed by atoms with Gasteiger partial charge in [-0.15, -0.1) is 0 Å². The number of carbonyl (C=O) groups excluding carboxylic acids is 1. The largest absolute Gasteiger partial charge is 0.353 e. The summed E-state index contributed by atoms with van der Waals surface area (Å²) in [4.78, 5) is 10.4. The van der Waals surface area contributed by atoms with E-state index in [1.165, 1.54) is 0 Å². The van der Waals surface area contributed by atoms with Crippen LogP contribution in [-0.2, 0) is 11.2 Å². The lowest BCUT2D eigenvalue weighted by atomic mass is 10.0. The highest BCUT2D eigenvalue weighted by Crippen LogP contribution is 2.39. The third-order valence-electron chi connectivity index (χ3n) is 3.05. The molecule has 1 aliphatic rings. The highest BCUT2D eigenvalue weighted by molar-refractivity contribution is 6.31. The highest BCUT2D eigenvalue weighted by Gasteiger charge is 2.41. The van der Waals surface area contributed by atoms with Crippen molar-refractivity contribution in [3.8, 4) is 0 Å². The van der Waals surface area contributed by atoms with Crippen LogP contribution in [0.3, 0.4) is 0 Å². The second kappa shape index (κ2) is 4.23. The summed E-state index contributed by atoms with van der Waals surface area (Å²) in [6.45, 7) is 0. The van der Waals surface area contributed by atoms with E-state index in [9.17, 15) is 4.79 Å². The zero-order valence-electron chi connectivity index (χ0n) is 8.50. The number of halogens is 1. The lowest BCUT2D eigenvalue weighted by Gasteiger charge is -2.14. The minimum atomic E-state index is 0.0704. The van der Waals surface area contributed by atoms with Gasteiger partial charge in [-0.25, -0.2) is 0 Å². The standard InChI is InChI=1S/C12H14ClNO/c13-11-4-2-1-3-10(11)5-6-12(7-8-12)14-9-15/h1-4,9H,5-8H2,(H,14,15). The van der Waals surface area contributed by atoms with Gasteiger partial charge in [0.1, 0.15) is 0 Å². The summed E-state index contributed by atoms with van der Waals surface area (Å²) in [6, 6.07) is 7.87. The number of hydrogen-bond acceptors (Lipinski definition) is 1. The van der Waals surface area contributed by atoms with Crippen molar-refractivity contribution in [1.29, 1.82) is 0 Å². The number of nitrogens with one attached hydrogen (secondary N) is 1. The third-order valence-corrected chi connectivity index (χ3v) is 3.42. The van der Waals surface area contributed by atoms with Crippen LogP contribution in [-0.4, -0.2) is 11.9 Å². The monoisotopic (exact) mass is 223 g/mol. The molecule has 0 radical (unpaired) electrons. The molecular weight excluding hydrogens is 210 g/mol. The van der Waals surface area contributed by atoms with Gasteiger partial charge < -0.3 is 5.32 Å². The molecule has 2 rings (SSSR count). The van der Waals surface area contributed by atoms with Crippen LogP contribution in [0, 0.1) is 0 Å². The van der Waals surface area contributed by atoms with E-state index < -0.39 is 0 Å². The quantitative estimate of drug-likeness (QED) is 0.764. The Morgan fingerprint density at radius 1 is 1.40 bits per heavy atom. The molecular formula is C12H14ClNO. The van der Waals surface area contributed by atoms with E-state index in [1.54, 1.807) is 0 Å². The molecule has 2 nitrogen and oxygen atoms in total. The smallest absolute Gasteiger partial charge is 0.207 e. The van der Waals surface area contributed by atoms with E-state index in [2.05, 4.69) is 5.32 Å². The molecule has 1 amide bonds. The van der Waals surface area contributed by atoms with Crippen molar-refractivity contribution in [2.45, 2.75) is 31.2 Å². The molecule has 1 saturated carbocycles. The summed E-state index contributed by atoms with van der Waals surface area (Å²) in [5.74, 6) is 0. The Labute approximate surface area is 94.6 Å². The van der Waals surface area contributed by atoms with Crippen molar-refractivity contribution >= 4 is 18.0 Å². The fourth-order valence-corrected chi connectivity index (χ4v) is 2.05. The maximum absolute atomic E-state index is 10.4. The van der Waals surface area contributed by atoms with Gasteiger partial charge >= 0.3 is 0 Å².